The molecule has 0 saturated carbocycles. The second-order valence-corrected chi connectivity index (χ2v) is 6.26. The largest absolute Gasteiger partial charge is 0.394 e. The van der Waals surface area contributed by atoms with Gasteiger partial charge in [-0.1, -0.05) is 5.92 Å². The van der Waals surface area contributed by atoms with Crippen molar-refractivity contribution >= 4 is 17.1 Å². The highest BCUT2D eigenvalue weighted by atomic mass is 16.5. The minimum absolute atomic E-state index is 0.0558. The van der Waals surface area contributed by atoms with Crippen LogP contribution in [-0.2, 0) is 4.74 Å². The number of nitrogens with zero attached hydrogens (tertiary/aromatic N) is 3. The summed E-state index contributed by atoms with van der Waals surface area (Å²) >= 11 is 0. The minimum Gasteiger partial charge on any atom is -0.394 e. The highest BCUT2D eigenvalue weighted by Gasteiger charge is 2.36. The average Bonchev–Trinajstić information content (AvgIpc) is 3.18. The molecule has 1 fully saturated rings. The number of aliphatic hydroxyl groups excluding tert-OH is 2. The molecule has 2 aromatic heterocycles. The lowest BCUT2D eigenvalue weighted by Gasteiger charge is -2.14. The Bertz CT molecular complexity index is 978. The number of nitrogens with one attached hydrogen (secondary N) is 1. The maximum Gasteiger partial charge on any atom is 0.280 e. The number of imidazole rings is 1. The van der Waals surface area contributed by atoms with Crippen LogP contribution in [0.25, 0.3) is 11.2 Å². The van der Waals surface area contributed by atoms with E-state index in [-0.39, 0.29) is 30.1 Å². The van der Waals surface area contributed by atoms with Crippen LogP contribution in [-0.4, -0.2) is 48.5 Å². The molecule has 0 spiro atoms. The van der Waals surface area contributed by atoms with Gasteiger partial charge in [0.2, 0.25) is 5.95 Å². The maximum atomic E-state index is 12.2. The summed E-state index contributed by atoms with van der Waals surface area (Å²) in [4.78, 5) is 23.0. The predicted molar refractivity (Wildman–Crippen MR) is 98.4 cm³/mol. The van der Waals surface area contributed by atoms with Gasteiger partial charge in [0.05, 0.1) is 12.7 Å². The lowest BCUT2D eigenvalue weighted by molar-refractivity contribution is -0.0434. The lowest BCUT2D eigenvalue weighted by Crippen LogP contribution is -2.24. The number of unbranched alkanes of at least 4 members (excludes halogenated alkanes) is 3. The van der Waals surface area contributed by atoms with Gasteiger partial charge in [-0.25, -0.2) is 4.98 Å². The molecule has 1 aliphatic rings. The fourth-order valence-corrected chi connectivity index (χ4v) is 2.98. The Morgan fingerprint density at radius 2 is 2.15 bits per heavy atom. The van der Waals surface area contributed by atoms with Crippen LogP contribution in [0.4, 0.5) is 5.95 Å². The van der Waals surface area contributed by atoms with E-state index in [1.165, 1.54) is 0 Å². The van der Waals surface area contributed by atoms with E-state index < -0.39 is 24.0 Å². The van der Waals surface area contributed by atoms with Gasteiger partial charge in [0.25, 0.3) is 5.56 Å². The average molecular weight is 371 g/mol. The summed E-state index contributed by atoms with van der Waals surface area (Å²) in [5.74, 6) is 8.78. The van der Waals surface area contributed by atoms with Crippen LogP contribution in [0.3, 0.4) is 0 Å². The summed E-state index contributed by atoms with van der Waals surface area (Å²) in [6.07, 6.45) is 6.27. The van der Waals surface area contributed by atoms with Gasteiger partial charge in [-0.15, -0.1) is 12.3 Å². The highest BCUT2D eigenvalue weighted by Crippen LogP contribution is 2.31. The van der Waals surface area contributed by atoms with E-state index in [1.54, 1.807) is 4.57 Å². The van der Waals surface area contributed by atoms with E-state index in [0.717, 1.165) is 12.8 Å². The lowest BCUT2D eigenvalue weighted by atomic mass is 10.2. The summed E-state index contributed by atoms with van der Waals surface area (Å²) in [7, 11) is 0. The molecule has 1 aliphatic heterocycles. The summed E-state index contributed by atoms with van der Waals surface area (Å²) in [5.41, 5.74) is 5.49. The van der Waals surface area contributed by atoms with Crippen molar-refractivity contribution < 1.29 is 14.9 Å². The number of aromatic nitrogens is 4. The van der Waals surface area contributed by atoms with Crippen LogP contribution in [0.5, 0.6) is 0 Å². The number of hydrogen-bond acceptors (Lipinski definition) is 7. The van der Waals surface area contributed by atoms with E-state index in [1.807, 2.05) is 0 Å². The normalized spacial score (nSPS) is 21.7. The maximum absolute atomic E-state index is 12.2. The van der Waals surface area contributed by atoms with Crippen LogP contribution in [0.2, 0.25) is 0 Å². The van der Waals surface area contributed by atoms with Crippen molar-refractivity contribution in [3.63, 3.8) is 0 Å². The number of aromatic amines is 1. The molecule has 142 valence electrons. The Kier molecular flexibility index (Phi) is 5.77. The van der Waals surface area contributed by atoms with Crippen molar-refractivity contribution in [3.8, 4) is 24.2 Å². The second kappa shape index (κ2) is 8.23. The molecule has 9 heteroatoms. The smallest absolute Gasteiger partial charge is 0.280 e. The van der Waals surface area contributed by atoms with E-state index in [4.69, 9.17) is 16.9 Å². The molecule has 0 radical (unpaired) electrons. The van der Waals surface area contributed by atoms with Gasteiger partial charge in [0.1, 0.15) is 12.3 Å². The van der Waals surface area contributed by atoms with Crippen molar-refractivity contribution in [2.24, 2.45) is 0 Å². The third-order valence-electron chi connectivity index (χ3n) is 4.31. The zero-order chi connectivity index (χ0) is 19.4. The molecule has 3 rings (SSSR count). The van der Waals surface area contributed by atoms with E-state index in [9.17, 15) is 15.0 Å². The topological polar surface area (TPSA) is 139 Å². The molecular formula is C18H21N5O4. The second-order valence-electron chi connectivity index (χ2n) is 6.26. The van der Waals surface area contributed by atoms with Gasteiger partial charge >= 0.3 is 0 Å². The third-order valence-corrected chi connectivity index (χ3v) is 4.31. The van der Waals surface area contributed by atoms with Crippen LogP contribution in [0, 0.1) is 24.2 Å². The molecule has 27 heavy (non-hydrogen) atoms. The molecule has 0 bridgehead atoms. The molecule has 2 aromatic rings. The predicted octanol–water partition coefficient (Wildman–Crippen LogP) is -0.112. The SMILES string of the molecule is C#CCCCCC#Cc1nc2c(=O)[nH]c(N)nc2n1[C@H]1C[C@H](O)[C@@H](CO)O1. The van der Waals surface area contributed by atoms with Crippen molar-refractivity contribution in [2.45, 2.75) is 50.5 Å². The monoisotopic (exact) mass is 371 g/mol. The molecule has 5 N–H and O–H groups in total. The van der Waals surface area contributed by atoms with Gasteiger partial charge in [-0.05, 0) is 18.8 Å². The van der Waals surface area contributed by atoms with Crippen LogP contribution >= 0.6 is 0 Å². The van der Waals surface area contributed by atoms with Crippen LogP contribution in [0.15, 0.2) is 4.79 Å². The van der Waals surface area contributed by atoms with Gasteiger partial charge < -0.3 is 20.7 Å². The van der Waals surface area contributed by atoms with Crippen molar-refractivity contribution in [2.75, 3.05) is 12.3 Å². The molecule has 3 heterocycles. The zero-order valence-electron chi connectivity index (χ0n) is 14.7. The number of aliphatic hydroxyl groups is 2. The summed E-state index contributed by atoms with van der Waals surface area (Å²) in [6, 6.07) is 0. The first-order valence-corrected chi connectivity index (χ1v) is 8.69. The van der Waals surface area contributed by atoms with Crippen LogP contribution in [0.1, 0.15) is 44.2 Å². The molecule has 0 aromatic carbocycles. The van der Waals surface area contributed by atoms with Gasteiger partial charge in [0, 0.05) is 19.3 Å². The Hall–Kier alpha value is -2.85. The first-order chi connectivity index (χ1) is 13.0. The minimum atomic E-state index is -0.846. The Morgan fingerprint density at radius 1 is 1.37 bits per heavy atom. The van der Waals surface area contributed by atoms with Crippen molar-refractivity contribution in [1.82, 2.24) is 19.5 Å². The molecular weight excluding hydrogens is 350 g/mol. The standard InChI is InChI=1S/C18H21N5O4/c1-2-3-4-5-6-7-8-13-20-15-16(21-18(19)22-17(15)26)23(13)14-9-11(25)12(10-24)27-14/h1,11-12,14,24-25H,3-6,9-10H2,(H3,19,21,22,26)/t11-,12+,14+/m0/s1. The summed E-state index contributed by atoms with van der Waals surface area (Å²) < 4.78 is 7.24. The number of H-pyrrole nitrogens is 1. The number of fused-ring (bicyclic) bond motifs is 1. The first-order valence-electron chi connectivity index (χ1n) is 8.69. The number of hydrogen-bond donors (Lipinski definition) is 4. The van der Waals surface area contributed by atoms with E-state index in [2.05, 4.69) is 32.7 Å². The Balaban J connectivity index is 1.98. The molecule has 9 nitrogen and oxygen atoms in total. The number of rotatable bonds is 5. The highest BCUT2D eigenvalue weighted by molar-refractivity contribution is 5.72. The molecule has 0 amide bonds. The van der Waals surface area contributed by atoms with Gasteiger partial charge in [0.15, 0.2) is 17.0 Å². The van der Waals surface area contributed by atoms with E-state index >= 15 is 0 Å². The number of nitrogens with two attached hydrogens (primary N) is 1. The Morgan fingerprint density at radius 3 is 2.85 bits per heavy atom. The summed E-state index contributed by atoms with van der Waals surface area (Å²) in [6.45, 7) is -0.323. The molecule has 0 unspecified atom stereocenters. The fourth-order valence-electron chi connectivity index (χ4n) is 2.98. The molecule has 3 atom stereocenters. The number of terminal acetylenes is 1. The van der Waals surface area contributed by atoms with Crippen molar-refractivity contribution in [3.05, 3.63) is 16.2 Å². The quantitative estimate of drug-likeness (QED) is 0.425. The number of anilines is 1. The van der Waals surface area contributed by atoms with Gasteiger partial charge in [-0.2, -0.15) is 4.98 Å². The van der Waals surface area contributed by atoms with E-state index in [0.29, 0.717) is 18.7 Å². The fraction of sp³-hybridized carbons (Fsp3) is 0.500. The number of ether oxygens (including phenoxy) is 1. The van der Waals surface area contributed by atoms with Crippen LogP contribution < -0.4 is 11.3 Å². The molecule has 1 saturated heterocycles. The third kappa shape index (κ3) is 3.96. The summed E-state index contributed by atoms with van der Waals surface area (Å²) in [5, 5.41) is 19.4. The Labute approximate surface area is 155 Å². The number of nitrogen functional groups attached to an aromatic ring is 1. The first kappa shape index (κ1) is 18.9. The zero-order valence-corrected chi connectivity index (χ0v) is 14.7. The van der Waals surface area contributed by atoms with Crippen molar-refractivity contribution in [1.29, 1.82) is 0 Å². The molecule has 0 aliphatic carbocycles. The van der Waals surface area contributed by atoms with Gasteiger partial charge in [-0.3, -0.25) is 14.3 Å².